The smallest absolute Gasteiger partial charge is 0.253 e. The summed E-state index contributed by atoms with van der Waals surface area (Å²) in [5, 5.41) is 8.83. The monoisotopic (exact) mass is 339 g/mol. The molecule has 0 aliphatic heterocycles. The van der Waals surface area contributed by atoms with Crippen LogP contribution in [-0.2, 0) is 4.79 Å². The number of hydrogen-bond donors (Lipinski definition) is 3. The molecule has 1 aliphatic carbocycles. The van der Waals surface area contributed by atoms with E-state index in [4.69, 9.17) is 0 Å². The fraction of sp³-hybridized carbons (Fsp3) is 0.529. The van der Waals surface area contributed by atoms with Crippen LogP contribution in [0.1, 0.15) is 37.0 Å². The Labute approximate surface area is 144 Å². The number of halogens is 1. The molecule has 3 N–H and O–H groups in total. The van der Waals surface area contributed by atoms with E-state index in [0.29, 0.717) is 23.7 Å². The number of rotatable bonds is 8. The third kappa shape index (κ3) is 7.01. The van der Waals surface area contributed by atoms with Crippen molar-refractivity contribution in [2.75, 3.05) is 25.0 Å². The first-order valence-electron chi connectivity index (χ1n) is 7.94. The van der Waals surface area contributed by atoms with E-state index in [1.165, 1.54) is 12.8 Å². The molecule has 0 aromatic heterocycles. The Morgan fingerprint density at radius 1 is 1.22 bits per heavy atom. The highest BCUT2D eigenvalue weighted by molar-refractivity contribution is 6.04. The number of para-hydroxylation sites is 1. The molecule has 2 amide bonds. The van der Waals surface area contributed by atoms with Gasteiger partial charge in [-0.1, -0.05) is 26.0 Å². The van der Waals surface area contributed by atoms with Crippen molar-refractivity contribution >= 4 is 29.9 Å². The SMILES string of the molecule is CC(C)CNC(=O)c1ccccc1NC(=O)CNCC1CC1.Cl. The predicted octanol–water partition coefficient (Wildman–Crippen LogP) is 2.43. The van der Waals surface area contributed by atoms with Crippen molar-refractivity contribution < 1.29 is 9.59 Å². The van der Waals surface area contributed by atoms with Gasteiger partial charge in [0.1, 0.15) is 0 Å². The van der Waals surface area contributed by atoms with Crippen LogP contribution in [0, 0.1) is 11.8 Å². The zero-order valence-corrected chi connectivity index (χ0v) is 14.5. The second-order valence-electron chi connectivity index (χ2n) is 6.27. The maximum Gasteiger partial charge on any atom is 0.253 e. The van der Waals surface area contributed by atoms with Crippen LogP contribution in [0.4, 0.5) is 5.69 Å². The van der Waals surface area contributed by atoms with E-state index in [2.05, 4.69) is 16.0 Å². The standard InChI is InChI=1S/C17H25N3O2.ClH/c1-12(2)9-19-17(22)14-5-3-4-6-15(14)20-16(21)11-18-10-13-7-8-13;/h3-6,12-13,18H,7-11H2,1-2H3,(H,19,22)(H,20,21);1H. The van der Waals surface area contributed by atoms with Crippen LogP contribution in [-0.4, -0.2) is 31.4 Å². The third-order valence-corrected chi connectivity index (χ3v) is 3.53. The van der Waals surface area contributed by atoms with Crippen molar-refractivity contribution in [3.63, 3.8) is 0 Å². The van der Waals surface area contributed by atoms with Gasteiger partial charge in [0.05, 0.1) is 17.8 Å². The quantitative estimate of drug-likeness (QED) is 0.681. The van der Waals surface area contributed by atoms with Gasteiger partial charge in [0.25, 0.3) is 5.91 Å². The molecule has 2 rings (SSSR count). The summed E-state index contributed by atoms with van der Waals surface area (Å²) < 4.78 is 0. The number of anilines is 1. The van der Waals surface area contributed by atoms with Gasteiger partial charge < -0.3 is 16.0 Å². The van der Waals surface area contributed by atoms with E-state index in [-0.39, 0.29) is 30.8 Å². The molecule has 1 aromatic carbocycles. The molecule has 1 aromatic rings. The van der Waals surface area contributed by atoms with Crippen LogP contribution >= 0.6 is 12.4 Å². The van der Waals surface area contributed by atoms with Gasteiger partial charge in [0, 0.05) is 6.54 Å². The molecule has 1 saturated carbocycles. The first-order chi connectivity index (χ1) is 10.6. The van der Waals surface area contributed by atoms with Crippen molar-refractivity contribution in [1.29, 1.82) is 0 Å². The molecular weight excluding hydrogens is 314 g/mol. The molecule has 0 unspecified atom stereocenters. The zero-order valence-electron chi connectivity index (χ0n) is 13.7. The molecular formula is C17H26ClN3O2. The average molecular weight is 340 g/mol. The van der Waals surface area contributed by atoms with Crippen LogP contribution in [0.2, 0.25) is 0 Å². The van der Waals surface area contributed by atoms with Crippen molar-refractivity contribution in [3.8, 4) is 0 Å². The molecule has 0 radical (unpaired) electrons. The van der Waals surface area contributed by atoms with Gasteiger partial charge in [0.2, 0.25) is 5.91 Å². The highest BCUT2D eigenvalue weighted by atomic mass is 35.5. The fourth-order valence-corrected chi connectivity index (χ4v) is 2.09. The second-order valence-corrected chi connectivity index (χ2v) is 6.27. The summed E-state index contributed by atoms with van der Waals surface area (Å²) in [6.45, 7) is 5.87. The van der Waals surface area contributed by atoms with E-state index in [9.17, 15) is 9.59 Å². The highest BCUT2D eigenvalue weighted by Gasteiger charge is 2.20. The minimum atomic E-state index is -0.157. The lowest BCUT2D eigenvalue weighted by molar-refractivity contribution is -0.115. The van der Waals surface area contributed by atoms with Gasteiger partial charge in [-0.25, -0.2) is 0 Å². The average Bonchev–Trinajstić information content (AvgIpc) is 3.29. The van der Waals surface area contributed by atoms with Crippen LogP contribution in [0.5, 0.6) is 0 Å². The highest BCUT2D eigenvalue weighted by Crippen LogP contribution is 2.27. The van der Waals surface area contributed by atoms with Crippen LogP contribution in [0.25, 0.3) is 0 Å². The third-order valence-electron chi connectivity index (χ3n) is 3.53. The van der Waals surface area contributed by atoms with Crippen molar-refractivity contribution in [2.45, 2.75) is 26.7 Å². The summed E-state index contributed by atoms with van der Waals surface area (Å²) in [6, 6.07) is 7.09. The summed E-state index contributed by atoms with van der Waals surface area (Å²) in [5.74, 6) is 0.847. The normalized spacial score (nSPS) is 13.3. The first kappa shape index (κ1) is 19.5. The zero-order chi connectivity index (χ0) is 15.9. The predicted molar refractivity (Wildman–Crippen MR) is 95.1 cm³/mol. The van der Waals surface area contributed by atoms with Crippen LogP contribution in [0.3, 0.4) is 0 Å². The van der Waals surface area contributed by atoms with Crippen LogP contribution < -0.4 is 16.0 Å². The van der Waals surface area contributed by atoms with E-state index >= 15 is 0 Å². The lowest BCUT2D eigenvalue weighted by atomic mass is 10.1. The Bertz CT molecular complexity index is 530. The molecule has 0 heterocycles. The number of carbonyl (C=O) groups is 2. The van der Waals surface area contributed by atoms with Crippen molar-refractivity contribution in [3.05, 3.63) is 29.8 Å². The van der Waals surface area contributed by atoms with Gasteiger partial charge in [-0.3, -0.25) is 9.59 Å². The number of carbonyl (C=O) groups excluding carboxylic acids is 2. The van der Waals surface area contributed by atoms with E-state index in [0.717, 1.165) is 12.5 Å². The molecule has 6 heteroatoms. The number of hydrogen-bond acceptors (Lipinski definition) is 3. The Hall–Kier alpha value is -1.59. The molecule has 23 heavy (non-hydrogen) atoms. The minimum absolute atomic E-state index is 0. The number of amides is 2. The van der Waals surface area contributed by atoms with Gasteiger partial charge in [-0.15, -0.1) is 12.4 Å². The van der Waals surface area contributed by atoms with Crippen LogP contribution in [0.15, 0.2) is 24.3 Å². The summed E-state index contributed by atoms with van der Waals surface area (Å²) in [7, 11) is 0. The Morgan fingerprint density at radius 2 is 1.91 bits per heavy atom. The van der Waals surface area contributed by atoms with E-state index in [1.54, 1.807) is 18.2 Å². The maximum absolute atomic E-state index is 12.2. The summed E-state index contributed by atoms with van der Waals surface area (Å²) in [6.07, 6.45) is 2.51. The number of benzene rings is 1. The molecule has 0 saturated heterocycles. The van der Waals surface area contributed by atoms with E-state index in [1.807, 2.05) is 19.9 Å². The molecule has 0 spiro atoms. The molecule has 1 aliphatic rings. The Balaban J connectivity index is 0.00000264. The Morgan fingerprint density at radius 3 is 2.57 bits per heavy atom. The minimum Gasteiger partial charge on any atom is -0.352 e. The lowest BCUT2D eigenvalue weighted by Gasteiger charge is -2.12. The van der Waals surface area contributed by atoms with E-state index < -0.39 is 0 Å². The largest absolute Gasteiger partial charge is 0.352 e. The van der Waals surface area contributed by atoms with Crippen molar-refractivity contribution in [1.82, 2.24) is 10.6 Å². The summed E-state index contributed by atoms with van der Waals surface area (Å²) in [5.41, 5.74) is 1.06. The number of nitrogens with one attached hydrogen (secondary N) is 3. The topological polar surface area (TPSA) is 70.2 Å². The first-order valence-corrected chi connectivity index (χ1v) is 7.94. The fourth-order valence-electron chi connectivity index (χ4n) is 2.09. The lowest BCUT2D eigenvalue weighted by Crippen LogP contribution is -2.31. The van der Waals surface area contributed by atoms with Gasteiger partial charge in [0.15, 0.2) is 0 Å². The van der Waals surface area contributed by atoms with Gasteiger partial charge in [-0.2, -0.15) is 0 Å². The maximum atomic E-state index is 12.2. The van der Waals surface area contributed by atoms with Crippen molar-refractivity contribution in [2.24, 2.45) is 11.8 Å². The molecule has 5 nitrogen and oxygen atoms in total. The molecule has 128 valence electrons. The second kappa shape index (κ2) is 9.53. The Kier molecular flexibility index (Phi) is 8.06. The van der Waals surface area contributed by atoms with Gasteiger partial charge >= 0.3 is 0 Å². The molecule has 0 atom stereocenters. The summed E-state index contributed by atoms with van der Waals surface area (Å²) in [4.78, 5) is 24.1. The molecule has 0 bridgehead atoms. The summed E-state index contributed by atoms with van der Waals surface area (Å²) >= 11 is 0. The van der Waals surface area contributed by atoms with Gasteiger partial charge in [-0.05, 0) is 43.4 Å². The molecule has 1 fully saturated rings.